The number of aryl methyl sites for hydroxylation is 2. The molecule has 1 aliphatic rings. The number of halogens is 1. The van der Waals surface area contributed by atoms with Crippen molar-refractivity contribution in [3.63, 3.8) is 0 Å². The highest BCUT2D eigenvalue weighted by molar-refractivity contribution is 7.99. The molecule has 1 saturated heterocycles. The van der Waals surface area contributed by atoms with Gasteiger partial charge in [-0.05, 0) is 61.4 Å². The second kappa shape index (κ2) is 8.53. The smallest absolute Gasteiger partial charge is 0.258 e. The zero-order valence-corrected chi connectivity index (χ0v) is 18.2. The number of amides is 2. The number of thioether (sulfide) groups is 1. The summed E-state index contributed by atoms with van der Waals surface area (Å²) >= 11 is 7.50. The zero-order valence-electron chi connectivity index (χ0n) is 16.6. The van der Waals surface area contributed by atoms with Gasteiger partial charge in [0.05, 0.1) is 23.3 Å². The van der Waals surface area contributed by atoms with Crippen LogP contribution in [0.2, 0.25) is 5.02 Å². The van der Waals surface area contributed by atoms with E-state index in [1.165, 1.54) is 11.8 Å². The standard InChI is InChI=1S/C22H21ClN4O2S/c1-14-3-6-18(9-15(14)2)25-21(28)20-12-30-13-26(20)22(29)16-10-24-27(11-16)19-7-4-17(23)5-8-19/h3-11,20H,12-13H2,1-2H3,(H,25,28). The SMILES string of the molecule is Cc1ccc(NC(=O)C2CSCN2C(=O)c2cnn(-c3ccc(Cl)cc3)c2)cc1C. The topological polar surface area (TPSA) is 67.2 Å². The molecule has 0 saturated carbocycles. The Labute approximate surface area is 184 Å². The molecule has 8 heteroatoms. The van der Waals surface area contributed by atoms with E-state index >= 15 is 0 Å². The number of hydrogen-bond donors (Lipinski definition) is 1. The van der Waals surface area contributed by atoms with Crippen molar-refractivity contribution in [2.75, 3.05) is 16.9 Å². The van der Waals surface area contributed by atoms with Crippen molar-refractivity contribution in [2.24, 2.45) is 0 Å². The Bertz CT molecular complexity index is 1100. The highest BCUT2D eigenvalue weighted by Crippen LogP contribution is 2.25. The van der Waals surface area contributed by atoms with E-state index in [1.54, 1.807) is 39.7 Å². The molecule has 4 rings (SSSR count). The molecule has 0 radical (unpaired) electrons. The molecule has 2 amide bonds. The van der Waals surface area contributed by atoms with Crippen LogP contribution < -0.4 is 5.32 Å². The second-order valence-electron chi connectivity index (χ2n) is 7.23. The van der Waals surface area contributed by atoms with Crippen molar-refractivity contribution >= 4 is 40.9 Å². The minimum atomic E-state index is -0.525. The van der Waals surface area contributed by atoms with Gasteiger partial charge in [-0.2, -0.15) is 5.10 Å². The number of carbonyl (C=O) groups excluding carboxylic acids is 2. The van der Waals surface area contributed by atoms with E-state index < -0.39 is 6.04 Å². The summed E-state index contributed by atoms with van der Waals surface area (Å²) in [5.41, 5.74) is 4.26. The lowest BCUT2D eigenvalue weighted by molar-refractivity contribution is -0.119. The molecule has 1 N–H and O–H groups in total. The first-order valence-electron chi connectivity index (χ1n) is 9.50. The molecule has 0 spiro atoms. The molecule has 30 heavy (non-hydrogen) atoms. The van der Waals surface area contributed by atoms with Crippen LogP contribution in [0.3, 0.4) is 0 Å². The summed E-state index contributed by atoms with van der Waals surface area (Å²) in [6.07, 6.45) is 3.20. The van der Waals surface area contributed by atoms with Crippen molar-refractivity contribution in [1.29, 1.82) is 0 Å². The average molecular weight is 441 g/mol. The summed E-state index contributed by atoms with van der Waals surface area (Å²) in [6.45, 7) is 4.03. The number of aromatic nitrogens is 2. The molecule has 0 aliphatic carbocycles. The Hall–Kier alpha value is -2.77. The number of benzene rings is 2. The molecule has 154 valence electrons. The number of anilines is 1. The van der Waals surface area contributed by atoms with Crippen molar-refractivity contribution in [1.82, 2.24) is 14.7 Å². The van der Waals surface area contributed by atoms with E-state index in [4.69, 9.17) is 11.6 Å². The third-order valence-electron chi connectivity index (χ3n) is 5.14. The van der Waals surface area contributed by atoms with Gasteiger partial charge in [0.2, 0.25) is 5.91 Å². The minimum absolute atomic E-state index is 0.179. The molecule has 6 nitrogen and oxygen atoms in total. The molecule has 2 heterocycles. The minimum Gasteiger partial charge on any atom is -0.324 e. The van der Waals surface area contributed by atoms with Crippen molar-refractivity contribution < 1.29 is 9.59 Å². The summed E-state index contributed by atoms with van der Waals surface area (Å²) in [5, 5.41) is 7.86. The fraction of sp³-hybridized carbons (Fsp3) is 0.227. The van der Waals surface area contributed by atoms with Crippen LogP contribution in [0.5, 0.6) is 0 Å². The van der Waals surface area contributed by atoms with Crippen LogP contribution in [0.15, 0.2) is 54.9 Å². The fourth-order valence-corrected chi connectivity index (χ4v) is 4.52. The Balaban J connectivity index is 1.48. The van der Waals surface area contributed by atoms with Gasteiger partial charge < -0.3 is 10.2 Å². The first kappa shape index (κ1) is 20.5. The molecular weight excluding hydrogens is 420 g/mol. The predicted octanol–water partition coefficient (Wildman–Crippen LogP) is 4.30. The van der Waals surface area contributed by atoms with Gasteiger partial charge in [-0.15, -0.1) is 11.8 Å². The normalized spacial score (nSPS) is 16.0. The molecule has 3 aromatic rings. The maximum absolute atomic E-state index is 13.1. The largest absolute Gasteiger partial charge is 0.324 e. The Morgan fingerprint density at radius 3 is 2.63 bits per heavy atom. The average Bonchev–Trinajstić information content (AvgIpc) is 3.41. The van der Waals surface area contributed by atoms with E-state index in [1.807, 2.05) is 44.2 Å². The molecule has 1 fully saturated rings. The van der Waals surface area contributed by atoms with E-state index in [9.17, 15) is 9.59 Å². The van der Waals surface area contributed by atoms with Gasteiger partial charge in [0.25, 0.3) is 5.91 Å². The quantitative estimate of drug-likeness (QED) is 0.657. The third kappa shape index (κ3) is 4.22. The third-order valence-corrected chi connectivity index (χ3v) is 6.41. The van der Waals surface area contributed by atoms with Crippen LogP contribution in [0, 0.1) is 13.8 Å². The number of nitrogens with zero attached hydrogens (tertiary/aromatic N) is 3. The first-order chi connectivity index (χ1) is 14.4. The van der Waals surface area contributed by atoms with Gasteiger partial charge >= 0.3 is 0 Å². The number of hydrogen-bond acceptors (Lipinski definition) is 4. The van der Waals surface area contributed by atoms with Crippen LogP contribution in [0.4, 0.5) is 5.69 Å². The molecule has 0 bridgehead atoms. The van der Waals surface area contributed by atoms with Crippen LogP contribution >= 0.6 is 23.4 Å². The van der Waals surface area contributed by atoms with Gasteiger partial charge in [-0.25, -0.2) is 4.68 Å². The molecule has 1 aliphatic heterocycles. The molecule has 1 atom stereocenters. The highest BCUT2D eigenvalue weighted by atomic mass is 35.5. The lowest BCUT2D eigenvalue weighted by Gasteiger charge is -2.22. The maximum Gasteiger partial charge on any atom is 0.258 e. The van der Waals surface area contributed by atoms with Gasteiger partial charge in [0, 0.05) is 22.7 Å². The van der Waals surface area contributed by atoms with Gasteiger partial charge in [0.15, 0.2) is 0 Å². The van der Waals surface area contributed by atoms with Crippen molar-refractivity contribution in [2.45, 2.75) is 19.9 Å². The summed E-state index contributed by atoms with van der Waals surface area (Å²) in [4.78, 5) is 27.5. The van der Waals surface area contributed by atoms with E-state index in [0.717, 1.165) is 16.9 Å². The molecule has 1 aromatic heterocycles. The lowest BCUT2D eigenvalue weighted by Crippen LogP contribution is -2.44. The first-order valence-corrected chi connectivity index (χ1v) is 11.0. The van der Waals surface area contributed by atoms with Crippen molar-refractivity contribution in [3.05, 3.63) is 76.6 Å². The molecular formula is C22H21ClN4O2S. The van der Waals surface area contributed by atoms with E-state index in [-0.39, 0.29) is 11.8 Å². The van der Waals surface area contributed by atoms with Crippen LogP contribution in [0.1, 0.15) is 21.5 Å². The van der Waals surface area contributed by atoms with E-state index in [0.29, 0.717) is 22.2 Å². The summed E-state index contributed by atoms with van der Waals surface area (Å²) in [5.74, 6) is 0.645. The van der Waals surface area contributed by atoms with Gasteiger partial charge in [0.1, 0.15) is 6.04 Å². The summed E-state index contributed by atoms with van der Waals surface area (Å²) in [7, 11) is 0. The van der Waals surface area contributed by atoms with Crippen LogP contribution in [-0.4, -0.2) is 44.2 Å². The molecule has 1 unspecified atom stereocenters. The Kier molecular flexibility index (Phi) is 5.83. The zero-order chi connectivity index (χ0) is 21.3. The number of carbonyl (C=O) groups is 2. The van der Waals surface area contributed by atoms with E-state index in [2.05, 4.69) is 10.4 Å². The van der Waals surface area contributed by atoms with Crippen LogP contribution in [0.25, 0.3) is 5.69 Å². The lowest BCUT2D eigenvalue weighted by atomic mass is 10.1. The molecule has 2 aromatic carbocycles. The highest BCUT2D eigenvalue weighted by Gasteiger charge is 2.35. The Morgan fingerprint density at radius 2 is 1.90 bits per heavy atom. The van der Waals surface area contributed by atoms with Crippen molar-refractivity contribution in [3.8, 4) is 5.69 Å². The fourth-order valence-electron chi connectivity index (χ4n) is 3.24. The summed E-state index contributed by atoms with van der Waals surface area (Å²) < 4.78 is 1.62. The number of nitrogens with one attached hydrogen (secondary N) is 1. The number of rotatable bonds is 4. The maximum atomic E-state index is 13.1. The predicted molar refractivity (Wildman–Crippen MR) is 120 cm³/mol. The summed E-state index contributed by atoms with van der Waals surface area (Å²) in [6, 6.07) is 12.5. The monoisotopic (exact) mass is 440 g/mol. The van der Waals surface area contributed by atoms with Gasteiger partial charge in [-0.3, -0.25) is 9.59 Å². The van der Waals surface area contributed by atoms with Gasteiger partial charge in [-0.1, -0.05) is 17.7 Å². The van der Waals surface area contributed by atoms with Crippen LogP contribution in [-0.2, 0) is 4.79 Å². The second-order valence-corrected chi connectivity index (χ2v) is 8.67. The Morgan fingerprint density at radius 1 is 1.13 bits per heavy atom.